The van der Waals surface area contributed by atoms with E-state index in [1.807, 2.05) is 24.3 Å². The molecule has 0 saturated heterocycles. The molecule has 0 spiro atoms. The molecule has 0 aliphatic rings. The predicted molar refractivity (Wildman–Crippen MR) is 114 cm³/mol. The van der Waals surface area contributed by atoms with Crippen LogP contribution >= 0.6 is 22.9 Å². The molecule has 0 atom stereocenters. The van der Waals surface area contributed by atoms with Gasteiger partial charge in [0.05, 0.1) is 18.4 Å². The Bertz CT molecular complexity index is 1090. The van der Waals surface area contributed by atoms with Gasteiger partial charge >= 0.3 is 5.97 Å². The maximum absolute atomic E-state index is 12.6. The summed E-state index contributed by atoms with van der Waals surface area (Å²) in [5.74, 6) is -1.15. The number of aromatic nitrogens is 1. The van der Waals surface area contributed by atoms with Crippen LogP contribution in [0.4, 0.5) is 5.69 Å². The number of esters is 1. The van der Waals surface area contributed by atoms with Gasteiger partial charge in [0.1, 0.15) is 11.6 Å². The largest absolute Gasteiger partial charge is 0.461 e. The number of benzene rings is 1. The highest BCUT2D eigenvalue weighted by atomic mass is 35.5. The number of nitrogens with zero attached hydrogens (tertiary/aromatic N) is 2. The molecule has 148 valence electrons. The summed E-state index contributed by atoms with van der Waals surface area (Å²) in [6, 6.07) is 14.9. The minimum atomic E-state index is -0.621. The van der Waals surface area contributed by atoms with Crippen molar-refractivity contribution in [2.75, 3.05) is 11.9 Å². The van der Waals surface area contributed by atoms with Gasteiger partial charge in [0, 0.05) is 15.4 Å². The number of ether oxygens (including phenoxy) is 1. The molecule has 0 bridgehead atoms. The van der Waals surface area contributed by atoms with Crippen LogP contribution in [0, 0.1) is 18.3 Å². The van der Waals surface area contributed by atoms with Crippen LogP contribution in [0.15, 0.2) is 42.5 Å². The number of anilines is 1. The van der Waals surface area contributed by atoms with Crippen molar-refractivity contribution in [3.8, 4) is 22.2 Å². The molecule has 3 aromatic rings. The third-order valence-electron chi connectivity index (χ3n) is 4.09. The molecule has 2 aromatic heterocycles. The number of thiophene rings is 1. The number of amides is 1. The zero-order chi connectivity index (χ0) is 21.0. The Morgan fingerprint density at radius 2 is 1.97 bits per heavy atom. The predicted octanol–water partition coefficient (Wildman–Crippen LogP) is 5.20. The van der Waals surface area contributed by atoms with E-state index in [9.17, 15) is 9.59 Å². The smallest absolute Gasteiger partial charge is 0.357 e. The van der Waals surface area contributed by atoms with E-state index in [4.69, 9.17) is 21.6 Å². The summed E-state index contributed by atoms with van der Waals surface area (Å²) in [4.78, 5) is 26.8. The molecule has 1 N–H and O–H groups in total. The second kappa shape index (κ2) is 8.95. The Balaban J connectivity index is 2.03. The van der Waals surface area contributed by atoms with E-state index in [1.165, 1.54) is 15.5 Å². The van der Waals surface area contributed by atoms with Crippen molar-refractivity contribution in [1.29, 1.82) is 5.26 Å². The minimum Gasteiger partial charge on any atom is -0.461 e. The highest BCUT2D eigenvalue weighted by molar-refractivity contribution is 7.15. The molecular weight excluding hydrogens is 410 g/mol. The second-order valence-corrected chi connectivity index (χ2v) is 7.80. The lowest BCUT2D eigenvalue weighted by atomic mass is 10.1. The Morgan fingerprint density at radius 1 is 1.24 bits per heavy atom. The average molecular weight is 428 g/mol. The van der Waals surface area contributed by atoms with Gasteiger partial charge < -0.3 is 10.1 Å². The molecular formula is C21H18ClN3O3S. The lowest BCUT2D eigenvalue weighted by molar-refractivity contribution is -0.115. The third-order valence-corrected chi connectivity index (χ3v) is 5.42. The van der Waals surface area contributed by atoms with Gasteiger partial charge in [0.15, 0.2) is 5.69 Å². The van der Waals surface area contributed by atoms with Gasteiger partial charge in [0.2, 0.25) is 5.91 Å². The van der Waals surface area contributed by atoms with E-state index in [2.05, 4.69) is 24.4 Å². The number of carbonyl (C=O) groups is 2. The number of hydrogen-bond acceptors (Lipinski definition) is 5. The second-order valence-electron chi connectivity index (χ2n) is 6.13. The van der Waals surface area contributed by atoms with Gasteiger partial charge in [-0.3, -0.25) is 9.36 Å². The molecule has 0 aliphatic heterocycles. The van der Waals surface area contributed by atoms with E-state index < -0.39 is 11.9 Å². The zero-order valence-electron chi connectivity index (χ0n) is 15.9. The molecule has 8 heteroatoms. The summed E-state index contributed by atoms with van der Waals surface area (Å²) in [6.07, 6.45) is -0.333. The average Bonchev–Trinajstić information content (AvgIpc) is 3.25. The third kappa shape index (κ3) is 4.50. The zero-order valence-corrected chi connectivity index (χ0v) is 17.4. The number of nitriles is 1. The van der Waals surface area contributed by atoms with Crippen LogP contribution in [-0.2, 0) is 9.53 Å². The monoisotopic (exact) mass is 427 g/mol. The molecule has 1 amide bonds. The van der Waals surface area contributed by atoms with Crippen molar-refractivity contribution in [3.63, 3.8) is 0 Å². The SMILES string of the molecule is CCOC(=O)c1c(NC(=O)CC#N)cc(Cl)n1-c1ccc(-c2ccc(C)s2)cc1. The Morgan fingerprint density at radius 3 is 2.55 bits per heavy atom. The van der Waals surface area contributed by atoms with Crippen LogP contribution in [0.25, 0.3) is 16.1 Å². The maximum Gasteiger partial charge on any atom is 0.357 e. The fourth-order valence-electron chi connectivity index (χ4n) is 2.86. The summed E-state index contributed by atoms with van der Waals surface area (Å²) in [5.41, 5.74) is 2.00. The molecule has 3 rings (SSSR count). The number of aryl methyl sites for hydroxylation is 1. The van der Waals surface area contributed by atoms with Crippen LogP contribution in [0.1, 0.15) is 28.7 Å². The molecule has 2 heterocycles. The van der Waals surface area contributed by atoms with Crippen molar-refractivity contribution in [1.82, 2.24) is 4.57 Å². The van der Waals surface area contributed by atoms with Crippen molar-refractivity contribution in [2.45, 2.75) is 20.3 Å². The number of nitrogens with one attached hydrogen (secondary N) is 1. The molecule has 0 fully saturated rings. The van der Waals surface area contributed by atoms with E-state index in [-0.39, 0.29) is 29.6 Å². The van der Waals surface area contributed by atoms with Crippen LogP contribution in [0.5, 0.6) is 0 Å². The van der Waals surface area contributed by atoms with Gasteiger partial charge in [-0.05, 0) is 49.7 Å². The van der Waals surface area contributed by atoms with Crippen molar-refractivity contribution in [3.05, 3.63) is 58.2 Å². The van der Waals surface area contributed by atoms with E-state index >= 15 is 0 Å². The first kappa shape index (κ1) is 20.6. The standard InChI is InChI=1S/C21H18ClN3O3S/c1-3-28-21(27)20-16(24-19(26)10-11-23)12-18(22)25(20)15-7-5-14(6-8-15)17-9-4-13(2)29-17/h4-9,12H,3,10H2,1-2H3,(H,24,26). The fraction of sp³-hybridized carbons (Fsp3) is 0.190. The first-order valence-electron chi connectivity index (χ1n) is 8.87. The highest BCUT2D eigenvalue weighted by Crippen LogP contribution is 2.32. The number of hydrogen-bond donors (Lipinski definition) is 1. The molecule has 0 unspecified atom stereocenters. The normalized spacial score (nSPS) is 10.4. The molecule has 6 nitrogen and oxygen atoms in total. The van der Waals surface area contributed by atoms with Gasteiger partial charge in [0.25, 0.3) is 0 Å². The summed E-state index contributed by atoms with van der Waals surface area (Å²) in [7, 11) is 0. The van der Waals surface area contributed by atoms with E-state index in [1.54, 1.807) is 24.3 Å². The Labute approximate surface area is 177 Å². The number of rotatable bonds is 6. The topological polar surface area (TPSA) is 84.1 Å². The molecule has 0 aliphatic carbocycles. The van der Waals surface area contributed by atoms with Gasteiger partial charge in [-0.2, -0.15) is 5.26 Å². The van der Waals surface area contributed by atoms with Crippen LogP contribution in [0.3, 0.4) is 0 Å². The van der Waals surface area contributed by atoms with Crippen molar-refractivity contribution in [2.24, 2.45) is 0 Å². The lowest BCUT2D eigenvalue weighted by Gasteiger charge is -2.12. The van der Waals surface area contributed by atoms with Crippen LogP contribution in [-0.4, -0.2) is 23.1 Å². The first-order valence-corrected chi connectivity index (χ1v) is 10.1. The van der Waals surface area contributed by atoms with Crippen LogP contribution < -0.4 is 5.32 Å². The maximum atomic E-state index is 12.6. The number of halogens is 1. The summed E-state index contributed by atoms with van der Waals surface area (Å²) in [5, 5.41) is 11.5. The first-order chi connectivity index (χ1) is 13.9. The molecule has 1 aromatic carbocycles. The summed E-state index contributed by atoms with van der Waals surface area (Å²) < 4.78 is 6.67. The van der Waals surface area contributed by atoms with Crippen molar-refractivity contribution < 1.29 is 14.3 Å². The van der Waals surface area contributed by atoms with E-state index in [0.717, 1.165) is 10.4 Å². The fourth-order valence-corrected chi connectivity index (χ4v) is 4.02. The van der Waals surface area contributed by atoms with Gasteiger partial charge in [-0.1, -0.05) is 23.7 Å². The Hall–Kier alpha value is -3.08. The van der Waals surface area contributed by atoms with Gasteiger partial charge in [-0.25, -0.2) is 4.79 Å². The molecule has 29 heavy (non-hydrogen) atoms. The van der Waals surface area contributed by atoms with E-state index in [0.29, 0.717) is 5.69 Å². The summed E-state index contributed by atoms with van der Waals surface area (Å²) in [6.45, 7) is 3.91. The molecule has 0 saturated carbocycles. The van der Waals surface area contributed by atoms with Gasteiger partial charge in [-0.15, -0.1) is 11.3 Å². The Kier molecular flexibility index (Phi) is 6.37. The molecule has 0 radical (unpaired) electrons. The lowest BCUT2D eigenvalue weighted by Crippen LogP contribution is -2.17. The quantitative estimate of drug-likeness (QED) is 0.548. The van der Waals surface area contributed by atoms with Crippen molar-refractivity contribution >= 4 is 40.5 Å². The minimum absolute atomic E-state index is 0.0999. The highest BCUT2D eigenvalue weighted by Gasteiger charge is 2.24. The number of carbonyl (C=O) groups excluding carboxylic acids is 2. The van der Waals surface area contributed by atoms with Crippen LogP contribution in [0.2, 0.25) is 5.15 Å². The summed E-state index contributed by atoms with van der Waals surface area (Å²) >= 11 is 8.09.